The van der Waals surface area contributed by atoms with Crippen molar-refractivity contribution in [2.24, 2.45) is 5.73 Å². The molecule has 22 heteroatoms. The van der Waals surface area contributed by atoms with E-state index in [1.165, 1.54) is 25.4 Å². The van der Waals surface area contributed by atoms with Crippen LogP contribution in [0.25, 0.3) is 17.0 Å². The van der Waals surface area contributed by atoms with Crippen LogP contribution < -0.4 is 37.6 Å². The summed E-state index contributed by atoms with van der Waals surface area (Å²) < 4.78 is 1.10. The molecule has 0 aliphatic carbocycles. The van der Waals surface area contributed by atoms with Crippen LogP contribution in [0.4, 0.5) is 4.79 Å². The van der Waals surface area contributed by atoms with Gasteiger partial charge in [-0.3, -0.25) is 38.1 Å². The third-order valence-corrected chi connectivity index (χ3v) is 10.4. The van der Waals surface area contributed by atoms with E-state index in [1.54, 1.807) is 48.5 Å². The molecule has 3 heterocycles. The predicted octanol–water partition coefficient (Wildman–Crippen LogP) is -2.74. The van der Waals surface area contributed by atoms with E-state index in [4.69, 9.17) is 17.3 Å². The van der Waals surface area contributed by atoms with Crippen LogP contribution in [0, 0.1) is 0 Å². The molecule has 2 aliphatic rings. The number of rotatable bonds is 7. The Kier molecular flexibility index (Phi) is 16.1. The minimum atomic E-state index is -2.27. The van der Waals surface area contributed by atoms with E-state index in [0.717, 1.165) is 21.1 Å². The van der Waals surface area contributed by atoms with Crippen LogP contribution in [0.3, 0.4) is 0 Å². The summed E-state index contributed by atoms with van der Waals surface area (Å²) in [5.74, 6) is -6.25. The fourth-order valence-corrected chi connectivity index (χ4v) is 7.02. The number of nitrogens with one attached hydrogen (secondary N) is 6. The maximum Gasteiger partial charge on any atom is 0.323 e. The number of hydrogen-bond donors (Lipinski definition) is 11. The molecule has 1 fully saturated rings. The zero-order valence-corrected chi connectivity index (χ0v) is 34.6. The van der Waals surface area contributed by atoms with Crippen LogP contribution in [0.5, 0.6) is 0 Å². The second kappa shape index (κ2) is 21.4. The first-order chi connectivity index (χ1) is 29.9. The number of primary amides is 1. The van der Waals surface area contributed by atoms with Gasteiger partial charge >= 0.3 is 6.03 Å². The van der Waals surface area contributed by atoms with Crippen molar-refractivity contribution in [2.75, 3.05) is 26.7 Å². The molecule has 0 bridgehead atoms. The fraction of sp³-hybridized carbons (Fsp3) is 0.366. The van der Waals surface area contributed by atoms with Gasteiger partial charge in [-0.25, -0.2) is 4.79 Å². The van der Waals surface area contributed by atoms with Crippen molar-refractivity contribution in [3.63, 3.8) is 0 Å². The molecule has 8 amide bonds. The zero-order valence-electron chi connectivity index (χ0n) is 33.8. The first kappa shape index (κ1) is 47.4. The summed E-state index contributed by atoms with van der Waals surface area (Å²) in [4.78, 5) is 105. The average Bonchev–Trinajstić information content (AvgIpc) is 3.77. The van der Waals surface area contributed by atoms with Gasteiger partial charge < -0.3 is 63.0 Å². The monoisotopic (exact) mass is 893 g/mol. The highest BCUT2D eigenvalue weighted by atomic mass is 35.5. The molecule has 12 N–H and O–H groups in total. The number of likely N-dealkylation sites (N-methyl/N-ethyl adjacent to an activating group) is 1. The van der Waals surface area contributed by atoms with Crippen molar-refractivity contribution in [2.45, 2.75) is 68.2 Å². The molecule has 1 saturated heterocycles. The van der Waals surface area contributed by atoms with E-state index in [2.05, 4.69) is 31.9 Å². The number of fused-ring (bicyclic) bond motifs is 2. The highest BCUT2D eigenvalue weighted by Gasteiger charge is 2.39. The second-order valence-corrected chi connectivity index (χ2v) is 15.4. The molecule has 2 aliphatic heterocycles. The second-order valence-electron chi connectivity index (χ2n) is 15.0. The summed E-state index contributed by atoms with van der Waals surface area (Å²) in [6.07, 6.45) is -3.59. The summed E-state index contributed by atoms with van der Waals surface area (Å²) in [7, 11) is 1.24. The molecule has 3 aromatic rings. The summed E-state index contributed by atoms with van der Waals surface area (Å²) in [6.45, 7) is -1.85. The number of β-amino-alcohol motifs (C(OH)–C–C–N with tert-alkyl or cyclic N) is 1. The van der Waals surface area contributed by atoms with Gasteiger partial charge in [0.25, 0.3) is 5.91 Å². The first-order valence-electron chi connectivity index (χ1n) is 19.6. The summed E-state index contributed by atoms with van der Waals surface area (Å²) in [5.41, 5.74) is 6.89. The Morgan fingerprint density at radius 1 is 0.905 bits per heavy atom. The van der Waals surface area contributed by atoms with Crippen LogP contribution in [-0.4, -0.2) is 146 Å². The largest absolute Gasteiger partial charge is 0.391 e. The van der Waals surface area contributed by atoms with Crippen molar-refractivity contribution < 1.29 is 58.8 Å². The average molecular weight is 894 g/mol. The number of nitrogens with zero attached hydrogens (tertiary/aromatic N) is 2. The normalized spacial score (nSPS) is 24.5. The van der Waals surface area contributed by atoms with Crippen molar-refractivity contribution in [3.05, 3.63) is 88.7 Å². The maximum atomic E-state index is 13.6. The molecular weight excluding hydrogens is 846 g/mol. The van der Waals surface area contributed by atoms with Crippen molar-refractivity contribution in [1.29, 1.82) is 0 Å². The van der Waals surface area contributed by atoms with E-state index in [1.807, 2.05) is 0 Å². The Balaban J connectivity index is 1.39. The quantitative estimate of drug-likeness (QED) is 0.115. The minimum absolute atomic E-state index is 0.132. The number of aliphatic hydroxyl groups excluding tert-OH is 4. The molecule has 0 spiro atoms. The van der Waals surface area contributed by atoms with Crippen molar-refractivity contribution in [1.82, 2.24) is 41.4 Å². The number of hydrogen-bond acceptors (Lipinski definition) is 12. The number of nitrogens with two attached hydrogens (primary N) is 1. The van der Waals surface area contributed by atoms with E-state index >= 15 is 0 Å². The van der Waals surface area contributed by atoms with Gasteiger partial charge in [0.1, 0.15) is 12.1 Å². The molecule has 0 saturated carbocycles. The number of amides is 8. The highest BCUT2D eigenvalue weighted by molar-refractivity contribution is 6.31. The van der Waals surface area contributed by atoms with Crippen molar-refractivity contribution in [3.8, 4) is 0 Å². The standard InChI is InChI=1S/C41H48ClN9O12/c1-50-20-34(57)47-28(12-22-19-51(41(43)63)29-13-23(42)10-11-25(22)29)39(61)45-18-33(56)44-17-24(52)14-31(54)49-36(37(59)30(53)9-5-8-21-6-3-2-4-7-21)38(60)40(62)48-26-15-32(55)46-27(26)16-35(50)58/h2-8,10-11,13,16,19,24,26,28,30,36-38,52-53,59-60H,9,12,14-15,17-18,20H2,1H3,(H2,43,63)(H,44,56)(H,45,61)(H,46,55)(H,47,57)(H,48,62)(H,49,54)/b8-5+,27-16+/t24-,26-,28-,30+,36-,37-,38+/m1/s1. The smallest absolute Gasteiger partial charge is 0.323 e. The van der Waals surface area contributed by atoms with Gasteiger partial charge in [0.05, 0.1) is 55.7 Å². The van der Waals surface area contributed by atoms with Crippen LogP contribution in [0.15, 0.2) is 72.6 Å². The van der Waals surface area contributed by atoms with Gasteiger partial charge in [-0.2, -0.15) is 0 Å². The molecule has 0 unspecified atom stereocenters. The molecule has 5 rings (SSSR count). The molecule has 1 aromatic heterocycles. The first-order valence-corrected chi connectivity index (χ1v) is 20.0. The van der Waals surface area contributed by atoms with E-state index in [0.29, 0.717) is 16.5 Å². The summed E-state index contributed by atoms with van der Waals surface area (Å²) in [6, 6.07) is 8.15. The maximum absolute atomic E-state index is 13.6. The van der Waals surface area contributed by atoms with Crippen LogP contribution in [0.1, 0.15) is 30.4 Å². The predicted molar refractivity (Wildman–Crippen MR) is 225 cm³/mol. The number of halogens is 1. The third-order valence-electron chi connectivity index (χ3n) is 10.1. The number of benzene rings is 2. The van der Waals surface area contributed by atoms with E-state index in [9.17, 15) is 58.8 Å². The highest BCUT2D eigenvalue weighted by Crippen LogP contribution is 2.26. The Bertz CT molecular complexity index is 2300. The molecule has 336 valence electrons. The SMILES string of the molecule is CN1CC(=O)N[C@H](Cc2cn(C(N)=O)c3cc(Cl)ccc23)C(=O)NCC(=O)NC[C@H](O)CC(=O)N[C@H]([C@H](O)[C@@H](O)C/C=C/c2ccccc2)[C@H](O)C(=O)N[C@@H]2CC(=O)N/C2=C/C1=O. The molecule has 0 radical (unpaired) electrons. The number of carbonyl (C=O) groups is 8. The fourth-order valence-electron chi connectivity index (χ4n) is 6.85. The van der Waals surface area contributed by atoms with Gasteiger partial charge in [-0.15, -0.1) is 0 Å². The lowest BCUT2D eigenvalue weighted by molar-refractivity contribution is -0.138. The van der Waals surface area contributed by atoms with E-state index < -0.39 is 122 Å². The van der Waals surface area contributed by atoms with Crippen molar-refractivity contribution >= 4 is 76.0 Å². The van der Waals surface area contributed by atoms with Crippen LogP contribution in [0.2, 0.25) is 5.02 Å². The lowest BCUT2D eigenvalue weighted by Crippen LogP contribution is -2.60. The van der Waals surface area contributed by atoms with Gasteiger partial charge in [0.15, 0.2) is 6.10 Å². The van der Waals surface area contributed by atoms with E-state index in [-0.39, 0.29) is 23.6 Å². The molecule has 63 heavy (non-hydrogen) atoms. The number of aromatic nitrogens is 1. The Morgan fingerprint density at radius 3 is 2.35 bits per heavy atom. The minimum Gasteiger partial charge on any atom is -0.391 e. The van der Waals surface area contributed by atoms with Gasteiger partial charge in [0.2, 0.25) is 35.4 Å². The lowest BCUT2D eigenvalue weighted by atomic mass is 9.96. The third kappa shape index (κ3) is 12.9. The summed E-state index contributed by atoms with van der Waals surface area (Å²) >= 11 is 6.14. The molecule has 2 aromatic carbocycles. The Hall–Kier alpha value is -6.65. The van der Waals surface area contributed by atoms with Gasteiger partial charge in [-0.1, -0.05) is 60.2 Å². The Labute approximate surface area is 364 Å². The van der Waals surface area contributed by atoms with Gasteiger partial charge in [0, 0.05) is 48.4 Å². The van der Waals surface area contributed by atoms with Crippen LogP contribution >= 0.6 is 11.6 Å². The lowest BCUT2D eigenvalue weighted by Gasteiger charge is -2.31. The topological polar surface area (TPSA) is 324 Å². The van der Waals surface area contributed by atoms with Gasteiger partial charge in [-0.05, 0) is 29.7 Å². The molecule has 21 nitrogen and oxygen atoms in total. The molecule has 7 atom stereocenters. The molecular formula is C41H48ClN9O12. The van der Waals surface area contributed by atoms with Crippen LogP contribution in [-0.2, 0) is 40.0 Å². The number of aliphatic hydroxyl groups is 4. The zero-order chi connectivity index (χ0) is 46.0. The summed E-state index contributed by atoms with van der Waals surface area (Å²) in [5, 5.41) is 59.0. The Morgan fingerprint density at radius 2 is 1.63 bits per heavy atom. The number of carbonyl (C=O) groups excluding carboxylic acids is 8.